The Morgan fingerprint density at radius 3 is 1.51 bits per heavy atom. The second-order valence-electron chi connectivity index (χ2n) is 8.90. The quantitative estimate of drug-likeness (QED) is 0.156. The first kappa shape index (κ1) is 34.3. The van der Waals surface area contributed by atoms with Crippen molar-refractivity contribution in [1.29, 1.82) is 0 Å². The number of esters is 4. The van der Waals surface area contributed by atoms with Crippen molar-refractivity contribution < 1.29 is 62.3 Å². The minimum Gasteiger partial charge on any atom is -0.493 e. The van der Waals surface area contributed by atoms with Crippen molar-refractivity contribution in [2.24, 2.45) is 0 Å². The smallest absolute Gasteiger partial charge is 0.349 e. The lowest BCUT2D eigenvalue weighted by Crippen LogP contribution is -2.48. The normalized spacial score (nSPS) is 11.7. The van der Waals surface area contributed by atoms with Crippen LogP contribution in [0.2, 0.25) is 0 Å². The zero-order chi connectivity index (χ0) is 33.3. The van der Waals surface area contributed by atoms with E-state index in [4.69, 9.17) is 28.4 Å². The fourth-order valence-corrected chi connectivity index (χ4v) is 4.03. The van der Waals surface area contributed by atoms with Crippen LogP contribution in [0.1, 0.15) is 34.6 Å². The van der Waals surface area contributed by atoms with Crippen LogP contribution in [0.4, 0.5) is 5.69 Å². The van der Waals surface area contributed by atoms with Crippen LogP contribution in [0.5, 0.6) is 23.0 Å². The summed E-state index contributed by atoms with van der Waals surface area (Å²) in [5.74, 6) is -6.79. The maximum absolute atomic E-state index is 13.4. The van der Waals surface area contributed by atoms with Crippen molar-refractivity contribution in [3.63, 3.8) is 0 Å². The molecule has 0 aliphatic heterocycles. The fraction of sp³-hybridized carbons (Fsp3) is 0.200. The summed E-state index contributed by atoms with van der Waals surface area (Å²) in [5.41, 5.74) is -0.214. The molecule has 1 amide bonds. The number of hydrogen-bond donors (Lipinski definition) is 2. The summed E-state index contributed by atoms with van der Waals surface area (Å²) in [6.45, 7) is 2.32. The van der Waals surface area contributed by atoms with E-state index in [1.54, 1.807) is 12.1 Å². The molecule has 2 N–H and O–H groups in total. The van der Waals surface area contributed by atoms with Crippen LogP contribution in [0.15, 0.2) is 60.7 Å². The van der Waals surface area contributed by atoms with Gasteiger partial charge >= 0.3 is 29.8 Å². The molecule has 0 aromatic heterocycles. The van der Waals surface area contributed by atoms with Crippen molar-refractivity contribution >= 4 is 64.0 Å². The zero-order valence-corrected chi connectivity index (χ0v) is 26.3. The first-order valence-corrected chi connectivity index (χ1v) is 13.8. The Labute approximate surface area is 269 Å². The second-order valence-corrected chi connectivity index (χ2v) is 10.2. The molecule has 236 valence electrons. The highest BCUT2D eigenvalue weighted by molar-refractivity contribution is 14.1. The number of amides is 1. The summed E-state index contributed by atoms with van der Waals surface area (Å²) in [6.07, 6.45) is -4.55. The molecule has 0 fully saturated rings. The van der Waals surface area contributed by atoms with Gasteiger partial charge in [0.1, 0.15) is 0 Å². The molecule has 0 saturated carbocycles. The number of ether oxygens (including phenoxy) is 6. The Bertz CT molecular complexity index is 1620. The molecule has 0 unspecified atom stereocenters. The number of benzene rings is 3. The van der Waals surface area contributed by atoms with E-state index in [9.17, 15) is 33.9 Å². The van der Waals surface area contributed by atoms with E-state index in [-0.39, 0.29) is 39.8 Å². The largest absolute Gasteiger partial charge is 0.493 e. The molecular formula is C30H26INO13. The molecule has 0 bridgehead atoms. The van der Waals surface area contributed by atoms with E-state index in [1.165, 1.54) is 50.6 Å². The number of rotatable bonds is 12. The minimum atomic E-state index is -2.34. The molecule has 3 aromatic rings. The summed E-state index contributed by atoms with van der Waals surface area (Å²) in [5, 5.41) is 12.5. The summed E-state index contributed by atoms with van der Waals surface area (Å²) in [6, 6.07) is 13.5. The van der Waals surface area contributed by atoms with Gasteiger partial charge in [-0.15, -0.1) is 0 Å². The summed E-state index contributed by atoms with van der Waals surface area (Å²) in [7, 11) is 2.50. The first-order chi connectivity index (χ1) is 21.3. The van der Waals surface area contributed by atoms with Crippen LogP contribution in [-0.4, -0.2) is 67.3 Å². The molecule has 2 atom stereocenters. The van der Waals surface area contributed by atoms with Crippen LogP contribution in [0.25, 0.3) is 0 Å². The standard InChI is InChI=1S/C30H26INO13/c1-15(33)42-21-11-5-17(13-23(21)40-3)29(38)44-25(27(35)32-20-9-7-19(31)8-10-20)26(28(36)37)45-30(39)18-6-12-22(43-16(2)34)24(14-18)41-4/h5-14,25-26H,1-4H3,(H,32,35)(H,36,37)/t25-,26+/m0/s1. The van der Waals surface area contributed by atoms with Crippen molar-refractivity contribution in [2.75, 3.05) is 19.5 Å². The van der Waals surface area contributed by atoms with Gasteiger partial charge in [-0.1, -0.05) is 0 Å². The number of methoxy groups -OCH3 is 2. The van der Waals surface area contributed by atoms with Gasteiger partial charge in [0.2, 0.25) is 12.2 Å². The molecule has 0 heterocycles. The van der Waals surface area contributed by atoms with Gasteiger partial charge < -0.3 is 38.8 Å². The number of carboxylic acid groups (broad SMARTS) is 1. The monoisotopic (exact) mass is 735 g/mol. The average Bonchev–Trinajstić information content (AvgIpc) is 2.99. The summed E-state index contributed by atoms with van der Waals surface area (Å²) in [4.78, 5) is 74.7. The van der Waals surface area contributed by atoms with Crippen LogP contribution in [-0.2, 0) is 28.7 Å². The highest BCUT2D eigenvalue weighted by Gasteiger charge is 2.41. The SMILES string of the molecule is COc1cc(C(=O)O[C@H](C(=O)Nc2ccc(I)cc2)[C@@H](OC(=O)c2ccc(OC(C)=O)c(OC)c2)C(=O)O)ccc1OC(C)=O. The van der Waals surface area contributed by atoms with Crippen molar-refractivity contribution in [1.82, 2.24) is 0 Å². The lowest BCUT2D eigenvalue weighted by molar-refractivity contribution is -0.157. The molecule has 0 radical (unpaired) electrons. The fourth-order valence-electron chi connectivity index (χ4n) is 3.68. The van der Waals surface area contributed by atoms with Crippen LogP contribution in [0, 0.1) is 3.57 Å². The third-order valence-electron chi connectivity index (χ3n) is 5.66. The molecule has 15 heteroatoms. The molecule has 0 spiro atoms. The van der Waals surface area contributed by atoms with E-state index in [0.29, 0.717) is 0 Å². The molecule has 0 saturated heterocycles. The number of carboxylic acids is 1. The minimum absolute atomic E-state index is 0.0120. The van der Waals surface area contributed by atoms with E-state index in [1.807, 2.05) is 22.6 Å². The number of aliphatic carboxylic acids is 1. The molecular weight excluding hydrogens is 709 g/mol. The molecule has 0 aliphatic rings. The number of carbonyl (C=O) groups is 6. The second kappa shape index (κ2) is 15.5. The average molecular weight is 735 g/mol. The third kappa shape index (κ3) is 9.40. The highest BCUT2D eigenvalue weighted by atomic mass is 127. The van der Waals surface area contributed by atoms with Gasteiger partial charge in [-0.2, -0.15) is 0 Å². The number of carbonyl (C=O) groups excluding carboxylic acids is 5. The predicted molar refractivity (Wildman–Crippen MR) is 162 cm³/mol. The van der Waals surface area contributed by atoms with Gasteiger partial charge in [0, 0.05) is 23.1 Å². The number of halogens is 1. The summed E-state index contributed by atoms with van der Waals surface area (Å²) >= 11 is 2.04. The van der Waals surface area contributed by atoms with Crippen molar-refractivity contribution in [3.05, 3.63) is 75.4 Å². The lowest BCUT2D eigenvalue weighted by Gasteiger charge is -2.24. The van der Waals surface area contributed by atoms with Gasteiger partial charge in [0.15, 0.2) is 23.0 Å². The first-order valence-electron chi connectivity index (χ1n) is 12.8. The predicted octanol–water partition coefficient (Wildman–Crippen LogP) is 3.63. The Kier molecular flexibility index (Phi) is 11.8. The lowest BCUT2D eigenvalue weighted by atomic mass is 10.1. The maximum atomic E-state index is 13.4. The molecule has 0 aliphatic carbocycles. The topological polar surface area (TPSA) is 190 Å². The van der Waals surface area contributed by atoms with Gasteiger partial charge in [-0.05, 0) is 83.3 Å². The van der Waals surface area contributed by atoms with E-state index < -0.39 is 48.0 Å². The van der Waals surface area contributed by atoms with Crippen molar-refractivity contribution in [2.45, 2.75) is 26.1 Å². The number of hydrogen-bond acceptors (Lipinski definition) is 12. The van der Waals surface area contributed by atoms with Crippen LogP contribution < -0.4 is 24.3 Å². The molecule has 14 nitrogen and oxygen atoms in total. The number of anilines is 1. The number of nitrogens with one attached hydrogen (secondary N) is 1. The molecule has 3 aromatic carbocycles. The van der Waals surface area contributed by atoms with Crippen LogP contribution in [0.3, 0.4) is 0 Å². The summed E-state index contributed by atoms with van der Waals surface area (Å²) < 4.78 is 31.6. The zero-order valence-electron chi connectivity index (χ0n) is 24.2. The van der Waals surface area contributed by atoms with Crippen LogP contribution >= 0.6 is 22.6 Å². The van der Waals surface area contributed by atoms with E-state index in [0.717, 1.165) is 29.6 Å². The Morgan fingerprint density at radius 2 is 1.11 bits per heavy atom. The molecule has 3 rings (SSSR count). The van der Waals surface area contributed by atoms with Gasteiger partial charge in [-0.25, -0.2) is 14.4 Å². The molecule has 45 heavy (non-hydrogen) atoms. The van der Waals surface area contributed by atoms with Gasteiger partial charge in [0.05, 0.1) is 25.3 Å². The van der Waals surface area contributed by atoms with Gasteiger partial charge in [0.25, 0.3) is 5.91 Å². The maximum Gasteiger partial charge on any atom is 0.349 e. The third-order valence-corrected chi connectivity index (χ3v) is 6.38. The Balaban J connectivity index is 1.96. The van der Waals surface area contributed by atoms with Gasteiger partial charge in [-0.3, -0.25) is 14.4 Å². The highest BCUT2D eigenvalue weighted by Crippen LogP contribution is 2.30. The van der Waals surface area contributed by atoms with Crippen molar-refractivity contribution in [3.8, 4) is 23.0 Å². The Morgan fingerprint density at radius 1 is 0.667 bits per heavy atom. The Hall–Kier alpha value is -5.19. The van der Waals surface area contributed by atoms with E-state index >= 15 is 0 Å². The van der Waals surface area contributed by atoms with E-state index in [2.05, 4.69) is 5.32 Å².